The maximum atomic E-state index is 11.0. The second-order valence-electron chi connectivity index (χ2n) is 3.90. The number of rotatable bonds is 5. The molecule has 0 bridgehead atoms. The molecule has 0 unspecified atom stereocenters. The van der Waals surface area contributed by atoms with Crippen LogP contribution in [0, 0.1) is 0 Å². The van der Waals surface area contributed by atoms with Crippen molar-refractivity contribution >= 4 is 21.9 Å². The molecular formula is C14H12BrNO4. The van der Waals surface area contributed by atoms with E-state index >= 15 is 0 Å². The van der Waals surface area contributed by atoms with Gasteiger partial charge in [-0.2, -0.15) is 0 Å². The first-order chi connectivity index (χ1) is 9.61. The quantitative estimate of drug-likeness (QED) is 0.907. The monoisotopic (exact) mass is 337 g/mol. The Morgan fingerprint density at radius 1 is 1.40 bits per heavy atom. The van der Waals surface area contributed by atoms with Crippen LogP contribution in [0.15, 0.2) is 41.0 Å². The molecule has 2 aromatic rings. The maximum Gasteiger partial charge on any atom is 0.358 e. The van der Waals surface area contributed by atoms with Gasteiger partial charge in [0.15, 0.2) is 11.4 Å². The number of aromatic carboxylic acids is 1. The predicted octanol–water partition coefficient (Wildman–Crippen LogP) is 3.13. The largest absolute Gasteiger partial charge is 0.497 e. The Bertz CT molecular complexity index is 630. The van der Waals surface area contributed by atoms with E-state index in [4.69, 9.17) is 14.6 Å². The Morgan fingerprint density at radius 2 is 2.20 bits per heavy atom. The van der Waals surface area contributed by atoms with Crippen LogP contribution < -0.4 is 9.47 Å². The number of ether oxygens (including phenoxy) is 2. The zero-order chi connectivity index (χ0) is 14.5. The van der Waals surface area contributed by atoms with Gasteiger partial charge in [0.25, 0.3) is 0 Å². The molecule has 5 nitrogen and oxygen atoms in total. The van der Waals surface area contributed by atoms with Gasteiger partial charge >= 0.3 is 5.97 Å². The third kappa shape index (κ3) is 3.27. The summed E-state index contributed by atoms with van der Waals surface area (Å²) in [7, 11) is 1.58. The first-order valence-electron chi connectivity index (χ1n) is 5.75. The van der Waals surface area contributed by atoms with Crippen molar-refractivity contribution in [2.75, 3.05) is 7.11 Å². The molecule has 104 valence electrons. The van der Waals surface area contributed by atoms with E-state index in [1.165, 1.54) is 6.20 Å². The Hall–Kier alpha value is -2.08. The van der Waals surface area contributed by atoms with Crippen LogP contribution in [0.4, 0.5) is 0 Å². The summed E-state index contributed by atoms with van der Waals surface area (Å²) >= 11 is 3.41. The van der Waals surface area contributed by atoms with Crippen molar-refractivity contribution in [3.8, 4) is 11.5 Å². The molecule has 0 fully saturated rings. The molecule has 1 aromatic heterocycles. The lowest BCUT2D eigenvalue weighted by molar-refractivity contribution is 0.0685. The number of carbonyl (C=O) groups is 1. The van der Waals surface area contributed by atoms with Crippen LogP contribution in [-0.2, 0) is 6.61 Å². The lowest BCUT2D eigenvalue weighted by atomic mass is 10.2. The third-order valence-corrected chi connectivity index (χ3v) is 3.38. The zero-order valence-corrected chi connectivity index (χ0v) is 12.3. The number of hydrogen-bond acceptors (Lipinski definition) is 4. The molecule has 0 aliphatic carbocycles. The fourth-order valence-electron chi connectivity index (χ4n) is 1.61. The van der Waals surface area contributed by atoms with Crippen LogP contribution in [0.2, 0.25) is 0 Å². The van der Waals surface area contributed by atoms with Gasteiger partial charge in [-0.15, -0.1) is 0 Å². The summed E-state index contributed by atoms with van der Waals surface area (Å²) in [5, 5.41) is 9.03. The highest BCUT2D eigenvalue weighted by Gasteiger charge is 2.13. The van der Waals surface area contributed by atoms with Gasteiger partial charge in [-0.1, -0.05) is 15.9 Å². The number of methoxy groups -OCH3 is 1. The number of benzene rings is 1. The van der Waals surface area contributed by atoms with E-state index in [1.54, 1.807) is 19.2 Å². The molecule has 0 spiro atoms. The zero-order valence-electron chi connectivity index (χ0n) is 10.7. The lowest BCUT2D eigenvalue weighted by Crippen LogP contribution is -2.06. The molecule has 1 aromatic carbocycles. The average Bonchev–Trinajstić information content (AvgIpc) is 2.46. The first kappa shape index (κ1) is 14.3. The van der Waals surface area contributed by atoms with Crippen LogP contribution >= 0.6 is 15.9 Å². The number of hydrogen-bond donors (Lipinski definition) is 1. The van der Waals surface area contributed by atoms with E-state index < -0.39 is 5.97 Å². The molecular weight excluding hydrogens is 326 g/mol. The molecule has 6 heteroatoms. The minimum Gasteiger partial charge on any atom is -0.497 e. The maximum absolute atomic E-state index is 11.0. The molecule has 20 heavy (non-hydrogen) atoms. The van der Waals surface area contributed by atoms with Gasteiger partial charge < -0.3 is 14.6 Å². The summed E-state index contributed by atoms with van der Waals surface area (Å²) in [4.78, 5) is 14.8. The molecule has 0 aliphatic heterocycles. The highest BCUT2D eigenvalue weighted by atomic mass is 79.9. The van der Waals surface area contributed by atoms with Crippen molar-refractivity contribution in [3.63, 3.8) is 0 Å². The summed E-state index contributed by atoms with van der Waals surface area (Å²) in [6.45, 7) is 0.212. The number of pyridine rings is 1. The van der Waals surface area contributed by atoms with Gasteiger partial charge in [0.1, 0.15) is 12.4 Å². The van der Waals surface area contributed by atoms with E-state index in [0.717, 1.165) is 10.0 Å². The number of carboxylic acids is 1. The van der Waals surface area contributed by atoms with Gasteiger partial charge in [0.2, 0.25) is 0 Å². The van der Waals surface area contributed by atoms with E-state index in [0.29, 0.717) is 5.75 Å². The molecule has 1 heterocycles. The van der Waals surface area contributed by atoms with E-state index in [2.05, 4.69) is 20.9 Å². The predicted molar refractivity (Wildman–Crippen MR) is 76.2 cm³/mol. The Morgan fingerprint density at radius 3 is 2.90 bits per heavy atom. The number of nitrogens with zero attached hydrogens (tertiary/aromatic N) is 1. The second kappa shape index (κ2) is 6.38. The molecule has 0 saturated heterocycles. The van der Waals surface area contributed by atoms with Gasteiger partial charge in [-0.05, 0) is 30.3 Å². The van der Waals surface area contributed by atoms with Crippen LogP contribution in [0.25, 0.3) is 0 Å². The van der Waals surface area contributed by atoms with E-state index in [9.17, 15) is 4.79 Å². The fourth-order valence-corrected chi connectivity index (χ4v) is 1.97. The third-order valence-electron chi connectivity index (χ3n) is 2.61. The summed E-state index contributed by atoms with van der Waals surface area (Å²) < 4.78 is 11.5. The van der Waals surface area contributed by atoms with Crippen LogP contribution in [0.1, 0.15) is 16.1 Å². The van der Waals surface area contributed by atoms with Crippen LogP contribution in [0.3, 0.4) is 0 Å². The van der Waals surface area contributed by atoms with Crippen molar-refractivity contribution in [3.05, 3.63) is 52.3 Å². The van der Waals surface area contributed by atoms with E-state index in [-0.39, 0.29) is 18.1 Å². The number of carboxylic acid groups (broad SMARTS) is 1. The average molecular weight is 338 g/mol. The van der Waals surface area contributed by atoms with Crippen LogP contribution in [-0.4, -0.2) is 23.2 Å². The van der Waals surface area contributed by atoms with Crippen molar-refractivity contribution < 1.29 is 19.4 Å². The van der Waals surface area contributed by atoms with Gasteiger partial charge in [0.05, 0.1) is 7.11 Å². The molecule has 2 rings (SSSR count). The van der Waals surface area contributed by atoms with Crippen molar-refractivity contribution in [2.24, 2.45) is 0 Å². The highest BCUT2D eigenvalue weighted by molar-refractivity contribution is 9.10. The molecule has 0 radical (unpaired) electrons. The lowest BCUT2D eigenvalue weighted by Gasteiger charge is -2.10. The second-order valence-corrected chi connectivity index (χ2v) is 4.76. The summed E-state index contributed by atoms with van der Waals surface area (Å²) in [6, 6.07) is 8.69. The fraction of sp³-hybridized carbons (Fsp3) is 0.143. The Balaban J connectivity index is 2.19. The van der Waals surface area contributed by atoms with Crippen molar-refractivity contribution in [2.45, 2.75) is 6.61 Å². The summed E-state index contributed by atoms with van der Waals surface area (Å²) in [6.07, 6.45) is 1.41. The van der Waals surface area contributed by atoms with Crippen molar-refractivity contribution in [1.82, 2.24) is 4.98 Å². The molecule has 0 atom stereocenters. The SMILES string of the molecule is COc1ccc(Br)c(COc2cccnc2C(=O)O)c1. The standard InChI is InChI=1S/C14H12BrNO4/c1-19-10-4-5-11(15)9(7-10)8-20-12-3-2-6-16-13(12)14(17)18/h2-7H,8H2,1H3,(H,17,18). The first-order valence-corrected chi connectivity index (χ1v) is 6.54. The summed E-state index contributed by atoms with van der Waals surface area (Å²) in [5.41, 5.74) is 0.746. The molecule has 0 amide bonds. The summed E-state index contributed by atoms with van der Waals surface area (Å²) in [5.74, 6) is -0.184. The smallest absolute Gasteiger partial charge is 0.358 e. The molecule has 0 aliphatic rings. The highest BCUT2D eigenvalue weighted by Crippen LogP contribution is 2.24. The minimum absolute atomic E-state index is 0.105. The normalized spacial score (nSPS) is 10.1. The molecule has 0 saturated carbocycles. The van der Waals surface area contributed by atoms with Crippen LogP contribution in [0.5, 0.6) is 11.5 Å². The minimum atomic E-state index is -1.12. The Labute approximate surface area is 124 Å². The van der Waals surface area contributed by atoms with Crippen molar-refractivity contribution in [1.29, 1.82) is 0 Å². The van der Waals surface area contributed by atoms with Gasteiger partial charge in [0, 0.05) is 16.2 Å². The van der Waals surface area contributed by atoms with E-state index in [1.807, 2.05) is 18.2 Å². The number of halogens is 1. The topological polar surface area (TPSA) is 68.7 Å². The van der Waals surface area contributed by atoms with Gasteiger partial charge in [-0.3, -0.25) is 0 Å². The molecule has 1 N–H and O–H groups in total. The van der Waals surface area contributed by atoms with Gasteiger partial charge in [-0.25, -0.2) is 9.78 Å². The Kier molecular flexibility index (Phi) is 4.57. The number of aromatic nitrogens is 1.